The van der Waals surface area contributed by atoms with Gasteiger partial charge in [0.15, 0.2) is 11.5 Å². The first kappa shape index (κ1) is 19.6. The third kappa shape index (κ3) is 5.41. The van der Waals surface area contributed by atoms with Crippen LogP contribution in [0.5, 0.6) is 17.2 Å². The van der Waals surface area contributed by atoms with E-state index in [1.807, 2.05) is 50.2 Å². The van der Waals surface area contributed by atoms with E-state index in [-0.39, 0.29) is 12.0 Å². The smallest absolute Gasteiger partial charge is 0.255 e. The van der Waals surface area contributed by atoms with Crippen molar-refractivity contribution in [3.05, 3.63) is 53.6 Å². The molecule has 5 nitrogen and oxygen atoms in total. The first-order valence-electron chi connectivity index (χ1n) is 8.80. The summed E-state index contributed by atoms with van der Waals surface area (Å²) in [5, 5.41) is 2.96. The zero-order valence-corrected chi connectivity index (χ0v) is 15.9. The van der Waals surface area contributed by atoms with Gasteiger partial charge in [0.2, 0.25) is 0 Å². The summed E-state index contributed by atoms with van der Waals surface area (Å²) >= 11 is 0. The van der Waals surface area contributed by atoms with Gasteiger partial charge in [0.25, 0.3) is 5.91 Å². The second kappa shape index (κ2) is 9.70. The fourth-order valence-corrected chi connectivity index (χ4v) is 2.64. The molecule has 0 fully saturated rings. The molecule has 140 valence electrons. The van der Waals surface area contributed by atoms with E-state index in [0.29, 0.717) is 29.4 Å². The zero-order chi connectivity index (χ0) is 18.9. The number of benzene rings is 2. The van der Waals surface area contributed by atoms with Crippen LogP contribution in [-0.4, -0.2) is 32.8 Å². The minimum Gasteiger partial charge on any atom is -0.493 e. The Morgan fingerprint density at radius 1 is 1.00 bits per heavy atom. The van der Waals surface area contributed by atoms with Gasteiger partial charge in [-0.05, 0) is 56.5 Å². The predicted octanol–water partition coefficient (Wildman–Crippen LogP) is 3.85. The average molecular weight is 357 g/mol. The Morgan fingerprint density at radius 2 is 1.73 bits per heavy atom. The maximum Gasteiger partial charge on any atom is 0.255 e. The van der Waals surface area contributed by atoms with E-state index < -0.39 is 0 Å². The Balaban J connectivity index is 1.88. The molecule has 1 N–H and O–H groups in total. The maximum atomic E-state index is 12.4. The van der Waals surface area contributed by atoms with Crippen molar-refractivity contribution in [2.45, 2.75) is 32.8 Å². The molecule has 0 aliphatic rings. The van der Waals surface area contributed by atoms with Gasteiger partial charge in [-0.15, -0.1) is 0 Å². The Kier molecular flexibility index (Phi) is 7.33. The molecular weight excluding hydrogens is 330 g/mol. The standard InChI is InChI=1S/C21H27NO4/c1-15(2)26-18-10-6-5-9-17(18)21(23)22-13-7-8-16-11-12-19(24-3)20(14-16)25-4/h5-6,9-12,14-15H,7-8,13H2,1-4H3,(H,22,23). The highest BCUT2D eigenvalue weighted by atomic mass is 16.5. The second-order valence-electron chi connectivity index (χ2n) is 6.21. The third-order valence-electron chi connectivity index (χ3n) is 3.87. The summed E-state index contributed by atoms with van der Waals surface area (Å²) in [6, 6.07) is 13.2. The number of para-hydroxylation sites is 1. The number of hydrogen-bond acceptors (Lipinski definition) is 4. The van der Waals surface area contributed by atoms with Gasteiger partial charge in [-0.25, -0.2) is 0 Å². The van der Waals surface area contributed by atoms with E-state index in [9.17, 15) is 4.79 Å². The summed E-state index contributed by atoms with van der Waals surface area (Å²) in [6.45, 7) is 4.47. The fraction of sp³-hybridized carbons (Fsp3) is 0.381. The predicted molar refractivity (Wildman–Crippen MR) is 102 cm³/mol. The van der Waals surface area contributed by atoms with E-state index in [2.05, 4.69) is 5.32 Å². The fourth-order valence-electron chi connectivity index (χ4n) is 2.64. The molecule has 5 heteroatoms. The monoisotopic (exact) mass is 357 g/mol. The van der Waals surface area contributed by atoms with E-state index in [1.54, 1.807) is 20.3 Å². The van der Waals surface area contributed by atoms with Gasteiger partial charge < -0.3 is 19.5 Å². The van der Waals surface area contributed by atoms with Crippen molar-refractivity contribution in [1.29, 1.82) is 0 Å². The average Bonchev–Trinajstić information content (AvgIpc) is 2.64. The van der Waals surface area contributed by atoms with E-state index in [4.69, 9.17) is 14.2 Å². The Hall–Kier alpha value is -2.69. The quantitative estimate of drug-likeness (QED) is 0.693. The summed E-state index contributed by atoms with van der Waals surface area (Å²) in [7, 11) is 3.24. The molecule has 0 saturated heterocycles. The Morgan fingerprint density at radius 3 is 2.42 bits per heavy atom. The molecule has 0 saturated carbocycles. The highest BCUT2D eigenvalue weighted by Gasteiger charge is 2.12. The molecule has 0 bridgehead atoms. The lowest BCUT2D eigenvalue weighted by atomic mass is 10.1. The molecule has 0 unspecified atom stereocenters. The molecule has 0 spiro atoms. The first-order valence-corrected chi connectivity index (χ1v) is 8.80. The van der Waals surface area contributed by atoms with Gasteiger partial charge in [0.1, 0.15) is 5.75 Å². The van der Waals surface area contributed by atoms with Crippen molar-refractivity contribution >= 4 is 5.91 Å². The number of methoxy groups -OCH3 is 2. The van der Waals surface area contributed by atoms with Crippen LogP contribution in [0.25, 0.3) is 0 Å². The molecule has 26 heavy (non-hydrogen) atoms. The lowest BCUT2D eigenvalue weighted by Gasteiger charge is -2.14. The highest BCUT2D eigenvalue weighted by molar-refractivity contribution is 5.96. The van der Waals surface area contributed by atoms with Gasteiger partial charge in [0.05, 0.1) is 25.9 Å². The largest absolute Gasteiger partial charge is 0.493 e. The molecule has 0 heterocycles. The number of ether oxygens (including phenoxy) is 3. The molecule has 0 atom stereocenters. The van der Waals surface area contributed by atoms with Crippen LogP contribution in [0.3, 0.4) is 0 Å². The van der Waals surface area contributed by atoms with Crippen molar-refractivity contribution < 1.29 is 19.0 Å². The van der Waals surface area contributed by atoms with Crippen LogP contribution in [0.2, 0.25) is 0 Å². The van der Waals surface area contributed by atoms with Crippen molar-refractivity contribution in [3.8, 4) is 17.2 Å². The van der Waals surface area contributed by atoms with Gasteiger partial charge in [0, 0.05) is 6.54 Å². The van der Waals surface area contributed by atoms with Gasteiger partial charge >= 0.3 is 0 Å². The van der Waals surface area contributed by atoms with Gasteiger partial charge in [-0.2, -0.15) is 0 Å². The van der Waals surface area contributed by atoms with Crippen LogP contribution in [0.4, 0.5) is 0 Å². The van der Waals surface area contributed by atoms with Crippen LogP contribution >= 0.6 is 0 Å². The SMILES string of the molecule is COc1ccc(CCCNC(=O)c2ccccc2OC(C)C)cc1OC. The summed E-state index contributed by atoms with van der Waals surface area (Å²) in [4.78, 5) is 12.4. The molecule has 2 aromatic carbocycles. The highest BCUT2D eigenvalue weighted by Crippen LogP contribution is 2.28. The van der Waals surface area contributed by atoms with Crippen molar-refractivity contribution in [3.63, 3.8) is 0 Å². The number of amides is 1. The number of rotatable bonds is 9. The summed E-state index contributed by atoms with van der Waals surface area (Å²) in [5.74, 6) is 1.92. The normalized spacial score (nSPS) is 10.5. The minimum atomic E-state index is -0.117. The van der Waals surface area contributed by atoms with Gasteiger partial charge in [-0.3, -0.25) is 4.79 Å². The molecule has 0 aromatic heterocycles. The van der Waals surface area contributed by atoms with Crippen LogP contribution in [-0.2, 0) is 6.42 Å². The summed E-state index contributed by atoms with van der Waals surface area (Å²) in [6.07, 6.45) is 1.69. The first-order chi connectivity index (χ1) is 12.5. The topological polar surface area (TPSA) is 56.8 Å². The van der Waals surface area contributed by atoms with Crippen LogP contribution < -0.4 is 19.5 Å². The van der Waals surface area contributed by atoms with E-state index in [0.717, 1.165) is 18.4 Å². The second-order valence-corrected chi connectivity index (χ2v) is 6.21. The molecule has 0 radical (unpaired) electrons. The molecule has 2 rings (SSSR count). The Labute approximate surface area is 155 Å². The third-order valence-corrected chi connectivity index (χ3v) is 3.87. The molecule has 1 amide bonds. The van der Waals surface area contributed by atoms with Crippen LogP contribution in [0.15, 0.2) is 42.5 Å². The number of hydrogen-bond donors (Lipinski definition) is 1. The molecule has 0 aliphatic heterocycles. The lowest BCUT2D eigenvalue weighted by molar-refractivity contribution is 0.0947. The maximum absolute atomic E-state index is 12.4. The number of carbonyl (C=O) groups is 1. The molecular formula is C21H27NO4. The molecule has 2 aromatic rings. The summed E-state index contributed by atoms with van der Waals surface area (Å²) in [5.41, 5.74) is 1.70. The van der Waals surface area contributed by atoms with Crippen molar-refractivity contribution in [1.82, 2.24) is 5.32 Å². The van der Waals surface area contributed by atoms with Crippen molar-refractivity contribution in [2.24, 2.45) is 0 Å². The van der Waals surface area contributed by atoms with E-state index >= 15 is 0 Å². The van der Waals surface area contributed by atoms with E-state index in [1.165, 1.54) is 0 Å². The number of carbonyl (C=O) groups excluding carboxylic acids is 1. The lowest BCUT2D eigenvalue weighted by Crippen LogP contribution is -2.25. The van der Waals surface area contributed by atoms with Crippen LogP contribution in [0.1, 0.15) is 36.2 Å². The Bertz CT molecular complexity index is 728. The number of nitrogens with one attached hydrogen (secondary N) is 1. The molecule has 0 aliphatic carbocycles. The van der Waals surface area contributed by atoms with Crippen molar-refractivity contribution in [2.75, 3.05) is 20.8 Å². The van der Waals surface area contributed by atoms with Gasteiger partial charge in [-0.1, -0.05) is 18.2 Å². The van der Waals surface area contributed by atoms with Crippen LogP contribution in [0, 0.1) is 0 Å². The summed E-state index contributed by atoms with van der Waals surface area (Å²) < 4.78 is 16.3. The minimum absolute atomic E-state index is 0.0222. The zero-order valence-electron chi connectivity index (χ0n) is 15.9. The number of aryl methyl sites for hydroxylation is 1.